The van der Waals surface area contributed by atoms with Crippen LogP contribution in [0.3, 0.4) is 0 Å². The Morgan fingerprint density at radius 2 is 2.25 bits per heavy atom. The van der Waals surface area contributed by atoms with Crippen molar-refractivity contribution < 1.29 is 14.6 Å². The molecule has 0 aromatic carbocycles. The van der Waals surface area contributed by atoms with Crippen molar-refractivity contribution in [2.24, 2.45) is 5.41 Å². The fourth-order valence-electron chi connectivity index (χ4n) is 3.70. The lowest BCUT2D eigenvalue weighted by molar-refractivity contribution is -0.118. The zero-order valence-corrected chi connectivity index (χ0v) is 9.48. The number of aliphatic hydroxyl groups is 1. The number of ether oxygens (including phenoxy) is 2. The van der Waals surface area contributed by atoms with Gasteiger partial charge >= 0.3 is 0 Å². The summed E-state index contributed by atoms with van der Waals surface area (Å²) in [7, 11) is 0. The summed E-state index contributed by atoms with van der Waals surface area (Å²) in [6.45, 7) is 2.40. The first kappa shape index (κ1) is 10.5. The molecule has 0 radical (unpaired) electrons. The molecule has 5 atom stereocenters. The predicted octanol–water partition coefficient (Wildman–Crippen LogP) is 0.988. The van der Waals surface area contributed by atoms with Gasteiger partial charge in [0.05, 0.1) is 24.4 Å². The van der Waals surface area contributed by atoms with Gasteiger partial charge in [-0.25, -0.2) is 0 Å². The standard InChI is InChI=1S/C12H17NO3/c1-8-12(14,4-5-15-8)11(7-13)6-9-2-3-10(11)16-9/h8-10,14H,2-6H2,1H3. The third-order valence-corrected chi connectivity index (χ3v) is 4.70. The quantitative estimate of drug-likeness (QED) is 0.720. The van der Waals surface area contributed by atoms with E-state index in [0.717, 1.165) is 12.8 Å². The van der Waals surface area contributed by atoms with E-state index >= 15 is 0 Å². The zero-order valence-electron chi connectivity index (χ0n) is 9.48. The molecule has 88 valence electrons. The summed E-state index contributed by atoms with van der Waals surface area (Å²) in [5.41, 5.74) is -1.77. The summed E-state index contributed by atoms with van der Waals surface area (Å²) in [4.78, 5) is 0. The average Bonchev–Trinajstić information content (AvgIpc) is 2.95. The van der Waals surface area contributed by atoms with Crippen LogP contribution < -0.4 is 0 Å². The molecule has 0 aromatic heterocycles. The van der Waals surface area contributed by atoms with Crippen LogP contribution in [-0.2, 0) is 9.47 Å². The molecule has 3 saturated heterocycles. The van der Waals surface area contributed by atoms with E-state index in [1.165, 1.54) is 0 Å². The van der Waals surface area contributed by atoms with E-state index in [9.17, 15) is 10.4 Å². The smallest absolute Gasteiger partial charge is 0.117 e. The summed E-state index contributed by atoms with van der Waals surface area (Å²) >= 11 is 0. The molecule has 0 aromatic rings. The molecule has 3 rings (SSSR count). The van der Waals surface area contributed by atoms with E-state index in [1.54, 1.807) is 0 Å². The minimum Gasteiger partial charge on any atom is -0.385 e. The van der Waals surface area contributed by atoms with Crippen molar-refractivity contribution in [3.63, 3.8) is 0 Å². The van der Waals surface area contributed by atoms with Gasteiger partial charge in [0.15, 0.2) is 0 Å². The first-order valence-corrected chi connectivity index (χ1v) is 6.03. The third-order valence-electron chi connectivity index (χ3n) is 4.70. The number of rotatable bonds is 1. The topological polar surface area (TPSA) is 62.5 Å². The molecule has 5 unspecified atom stereocenters. The Labute approximate surface area is 95.2 Å². The average molecular weight is 223 g/mol. The van der Waals surface area contributed by atoms with Crippen LogP contribution in [0.5, 0.6) is 0 Å². The molecule has 1 N–H and O–H groups in total. The van der Waals surface area contributed by atoms with E-state index in [2.05, 4.69) is 6.07 Å². The largest absolute Gasteiger partial charge is 0.385 e. The van der Waals surface area contributed by atoms with Gasteiger partial charge in [0.1, 0.15) is 11.0 Å². The molecule has 3 aliphatic rings. The van der Waals surface area contributed by atoms with Crippen molar-refractivity contribution in [3.05, 3.63) is 0 Å². The van der Waals surface area contributed by atoms with Gasteiger partial charge in [-0.15, -0.1) is 0 Å². The van der Waals surface area contributed by atoms with Gasteiger partial charge in [0.2, 0.25) is 0 Å². The van der Waals surface area contributed by atoms with Crippen LogP contribution in [0.15, 0.2) is 0 Å². The third kappa shape index (κ3) is 1.04. The summed E-state index contributed by atoms with van der Waals surface area (Å²) in [5.74, 6) is 0. The molecule has 0 aliphatic carbocycles. The lowest BCUT2D eigenvalue weighted by Gasteiger charge is -2.42. The molecule has 3 fully saturated rings. The van der Waals surface area contributed by atoms with Crippen molar-refractivity contribution in [1.82, 2.24) is 0 Å². The molecule has 4 heteroatoms. The van der Waals surface area contributed by atoms with Gasteiger partial charge in [-0.2, -0.15) is 5.26 Å². The van der Waals surface area contributed by atoms with Crippen LogP contribution in [-0.4, -0.2) is 35.6 Å². The molecule has 2 bridgehead atoms. The van der Waals surface area contributed by atoms with Crippen LogP contribution in [0.1, 0.15) is 32.6 Å². The van der Waals surface area contributed by atoms with E-state index in [4.69, 9.17) is 9.47 Å². The molecule has 0 saturated carbocycles. The number of fused-ring (bicyclic) bond motifs is 2. The van der Waals surface area contributed by atoms with Crippen LogP contribution >= 0.6 is 0 Å². The lowest BCUT2D eigenvalue weighted by Crippen LogP contribution is -2.56. The van der Waals surface area contributed by atoms with Gasteiger partial charge in [0.25, 0.3) is 0 Å². The summed E-state index contributed by atoms with van der Waals surface area (Å²) in [6, 6.07) is 2.37. The minimum atomic E-state index is -1.03. The minimum absolute atomic E-state index is 0.100. The van der Waals surface area contributed by atoms with Crippen molar-refractivity contribution in [3.8, 4) is 6.07 Å². The molecule has 16 heavy (non-hydrogen) atoms. The predicted molar refractivity (Wildman–Crippen MR) is 55.5 cm³/mol. The van der Waals surface area contributed by atoms with Gasteiger partial charge in [0, 0.05) is 13.0 Å². The highest BCUT2D eigenvalue weighted by Gasteiger charge is 2.66. The van der Waals surface area contributed by atoms with Crippen LogP contribution in [0.25, 0.3) is 0 Å². The summed E-state index contributed by atoms with van der Waals surface area (Å²) in [6.07, 6.45) is 2.94. The normalized spacial score (nSPS) is 55.4. The Morgan fingerprint density at radius 3 is 2.69 bits per heavy atom. The summed E-state index contributed by atoms with van der Waals surface area (Å²) in [5, 5.41) is 20.3. The van der Waals surface area contributed by atoms with E-state index in [1.807, 2.05) is 6.92 Å². The van der Waals surface area contributed by atoms with Crippen LogP contribution in [0.2, 0.25) is 0 Å². The number of nitrogens with zero attached hydrogens (tertiary/aromatic N) is 1. The highest BCUT2D eigenvalue weighted by molar-refractivity contribution is 5.23. The Balaban J connectivity index is 2.00. The maximum atomic E-state index is 10.8. The molecular weight excluding hydrogens is 206 g/mol. The second-order valence-electron chi connectivity index (χ2n) is 5.30. The molecule has 4 nitrogen and oxygen atoms in total. The Bertz CT molecular complexity index is 353. The first-order valence-electron chi connectivity index (χ1n) is 6.03. The van der Waals surface area contributed by atoms with E-state index < -0.39 is 11.0 Å². The Kier molecular flexibility index (Phi) is 2.10. The molecule has 0 spiro atoms. The highest BCUT2D eigenvalue weighted by atomic mass is 16.5. The Morgan fingerprint density at radius 1 is 1.44 bits per heavy atom. The lowest BCUT2D eigenvalue weighted by atomic mass is 9.61. The second-order valence-corrected chi connectivity index (χ2v) is 5.30. The van der Waals surface area contributed by atoms with Gasteiger partial charge in [-0.05, 0) is 26.2 Å². The molecule has 3 aliphatic heterocycles. The van der Waals surface area contributed by atoms with Crippen molar-refractivity contribution in [2.75, 3.05) is 6.61 Å². The molecule has 0 amide bonds. The van der Waals surface area contributed by atoms with Gasteiger partial charge in [-0.1, -0.05) is 0 Å². The van der Waals surface area contributed by atoms with Crippen LogP contribution in [0, 0.1) is 16.7 Å². The maximum Gasteiger partial charge on any atom is 0.117 e. The number of nitriles is 1. The van der Waals surface area contributed by atoms with E-state index in [0.29, 0.717) is 19.4 Å². The van der Waals surface area contributed by atoms with Crippen molar-refractivity contribution in [1.29, 1.82) is 5.26 Å². The highest BCUT2D eigenvalue weighted by Crippen LogP contribution is 2.56. The fourth-order valence-corrected chi connectivity index (χ4v) is 3.70. The molecular formula is C12H17NO3. The first-order chi connectivity index (χ1) is 7.62. The maximum absolute atomic E-state index is 10.8. The number of hydrogen-bond donors (Lipinski definition) is 1. The zero-order chi connectivity index (χ0) is 11.4. The van der Waals surface area contributed by atoms with Crippen LogP contribution in [0.4, 0.5) is 0 Å². The van der Waals surface area contributed by atoms with E-state index in [-0.39, 0.29) is 18.3 Å². The fraction of sp³-hybridized carbons (Fsp3) is 0.917. The van der Waals surface area contributed by atoms with Crippen molar-refractivity contribution in [2.45, 2.75) is 56.5 Å². The summed E-state index contributed by atoms with van der Waals surface area (Å²) < 4.78 is 11.2. The molecule has 3 heterocycles. The van der Waals surface area contributed by atoms with Gasteiger partial charge in [-0.3, -0.25) is 0 Å². The van der Waals surface area contributed by atoms with Gasteiger partial charge < -0.3 is 14.6 Å². The second kappa shape index (κ2) is 3.19. The SMILES string of the molecule is CC1OCCC1(O)C1(C#N)CC2CCC1O2. The monoisotopic (exact) mass is 223 g/mol. The number of hydrogen-bond acceptors (Lipinski definition) is 4. The van der Waals surface area contributed by atoms with Crippen molar-refractivity contribution >= 4 is 0 Å². The Hall–Kier alpha value is -0.630.